The Morgan fingerprint density at radius 3 is 2.77 bits per heavy atom. The lowest BCUT2D eigenvalue weighted by atomic mass is 10.0. The molecule has 0 saturated carbocycles. The fourth-order valence-electron chi connectivity index (χ4n) is 4.02. The molecular weight excluding hydrogens is 404 g/mol. The van der Waals surface area contributed by atoms with Crippen LogP contribution in [-0.2, 0) is 15.7 Å². The molecule has 6 nitrogen and oxygen atoms in total. The molecule has 1 aromatic heterocycles. The number of halogens is 4. The maximum atomic E-state index is 13.8. The molecule has 4 rings (SSSR count). The summed E-state index contributed by atoms with van der Waals surface area (Å²) >= 11 is 0. The quantitative estimate of drug-likeness (QED) is 0.738. The van der Waals surface area contributed by atoms with Gasteiger partial charge in [0, 0.05) is 36.9 Å². The van der Waals surface area contributed by atoms with Crippen molar-refractivity contribution in [3.63, 3.8) is 0 Å². The maximum Gasteiger partial charge on any atom is 0.418 e. The second-order valence-electron chi connectivity index (χ2n) is 7.66. The Morgan fingerprint density at radius 2 is 2.07 bits per heavy atom. The first-order chi connectivity index (χ1) is 14.2. The van der Waals surface area contributed by atoms with Crippen molar-refractivity contribution in [2.75, 3.05) is 31.1 Å². The van der Waals surface area contributed by atoms with E-state index in [1.54, 1.807) is 19.1 Å². The topological polar surface area (TPSA) is 66.5 Å². The van der Waals surface area contributed by atoms with Crippen LogP contribution in [-0.4, -0.2) is 61.5 Å². The first-order valence-electron chi connectivity index (χ1n) is 9.74. The second-order valence-corrected chi connectivity index (χ2v) is 7.66. The lowest BCUT2D eigenvalue weighted by Gasteiger charge is -2.38. The zero-order valence-corrected chi connectivity index (χ0v) is 16.2. The molecule has 30 heavy (non-hydrogen) atoms. The number of nitrogens with zero attached hydrogens (tertiary/aromatic N) is 2. The smallest absolute Gasteiger partial charge is 0.365 e. The molecule has 10 heteroatoms. The van der Waals surface area contributed by atoms with E-state index in [-0.39, 0.29) is 24.7 Å². The van der Waals surface area contributed by atoms with Crippen molar-refractivity contribution in [2.24, 2.45) is 0 Å². The van der Waals surface area contributed by atoms with Crippen LogP contribution in [0, 0.1) is 0 Å². The number of rotatable bonds is 3. The van der Waals surface area contributed by atoms with Gasteiger partial charge in [-0.25, -0.2) is 4.39 Å². The fraction of sp³-hybridized carbons (Fsp3) is 0.500. The molecule has 1 aromatic carbocycles. The van der Waals surface area contributed by atoms with Crippen molar-refractivity contribution >= 4 is 22.5 Å². The number of ether oxygens (including phenoxy) is 1. The van der Waals surface area contributed by atoms with E-state index in [0.717, 1.165) is 6.07 Å². The highest BCUT2D eigenvalue weighted by atomic mass is 19.4. The van der Waals surface area contributed by atoms with E-state index in [9.17, 15) is 22.4 Å². The first-order valence-corrected chi connectivity index (χ1v) is 9.74. The van der Waals surface area contributed by atoms with Crippen molar-refractivity contribution in [1.82, 2.24) is 15.6 Å². The summed E-state index contributed by atoms with van der Waals surface area (Å²) in [6, 6.07) is 4.95. The van der Waals surface area contributed by atoms with E-state index in [0.29, 0.717) is 24.2 Å². The molecule has 4 atom stereocenters. The number of amides is 1. The van der Waals surface area contributed by atoms with Crippen LogP contribution >= 0.6 is 0 Å². The number of morpholine rings is 1. The van der Waals surface area contributed by atoms with E-state index in [1.165, 1.54) is 12.3 Å². The molecule has 162 valence electrons. The lowest BCUT2D eigenvalue weighted by Crippen LogP contribution is -2.55. The Hall–Kier alpha value is -2.46. The number of carbonyl (C=O) groups is 1. The third-order valence-corrected chi connectivity index (χ3v) is 5.41. The maximum absolute atomic E-state index is 13.8. The summed E-state index contributed by atoms with van der Waals surface area (Å²) in [4.78, 5) is 18.4. The van der Waals surface area contributed by atoms with E-state index in [2.05, 4.69) is 15.6 Å². The van der Waals surface area contributed by atoms with Gasteiger partial charge < -0.3 is 20.3 Å². The van der Waals surface area contributed by atoms with Gasteiger partial charge in [0.25, 0.3) is 5.91 Å². The van der Waals surface area contributed by atoms with Crippen LogP contribution in [0.1, 0.15) is 12.5 Å². The molecule has 2 aromatic rings. The number of benzene rings is 1. The minimum atomic E-state index is -4.52. The molecular formula is C20H22F4N4O2. The predicted molar refractivity (Wildman–Crippen MR) is 103 cm³/mol. The van der Waals surface area contributed by atoms with Crippen molar-refractivity contribution in [3.8, 4) is 0 Å². The van der Waals surface area contributed by atoms with Crippen LogP contribution in [0.4, 0.5) is 23.2 Å². The van der Waals surface area contributed by atoms with Gasteiger partial charge in [-0.15, -0.1) is 0 Å². The lowest BCUT2D eigenvalue weighted by molar-refractivity contribution is -0.138. The molecule has 1 amide bonds. The average molecular weight is 426 g/mol. The zero-order valence-electron chi connectivity index (χ0n) is 16.2. The van der Waals surface area contributed by atoms with Crippen LogP contribution < -0.4 is 15.5 Å². The molecule has 0 spiro atoms. The number of nitrogens with one attached hydrogen (secondary N) is 2. The fourth-order valence-corrected chi connectivity index (χ4v) is 4.02. The van der Waals surface area contributed by atoms with Crippen molar-refractivity contribution in [3.05, 3.63) is 36.0 Å². The second kappa shape index (κ2) is 7.99. The molecule has 0 unspecified atom stereocenters. The minimum Gasteiger partial charge on any atom is -0.365 e. The predicted octanol–water partition coefficient (Wildman–Crippen LogP) is 2.27. The standard InChI is InChI=1S/C20H22F4N4O2/c1-11-9-28(10-17(30-11)19(29)27-15-8-25-7-14(15)21)16-5-4-13(20(22,23)24)18-12(16)3-2-6-26-18/h2-6,11,14-15,17,25H,7-10H2,1H3,(H,27,29)/t11-,14+,15-,17-/m1/s1. The summed E-state index contributed by atoms with van der Waals surface area (Å²) < 4.78 is 59.7. The molecule has 0 radical (unpaired) electrons. The molecule has 3 heterocycles. The number of aromatic nitrogens is 1. The molecule has 2 saturated heterocycles. The number of anilines is 1. The van der Waals surface area contributed by atoms with Crippen LogP contribution in [0.25, 0.3) is 10.9 Å². The highest BCUT2D eigenvalue weighted by Gasteiger charge is 2.37. The summed E-state index contributed by atoms with van der Waals surface area (Å²) in [5, 5.41) is 5.89. The number of carbonyl (C=O) groups excluding carboxylic acids is 1. The largest absolute Gasteiger partial charge is 0.418 e. The Kier molecular flexibility index (Phi) is 5.54. The minimum absolute atomic E-state index is 0.139. The van der Waals surface area contributed by atoms with E-state index >= 15 is 0 Å². The van der Waals surface area contributed by atoms with Gasteiger partial charge in [0.15, 0.2) is 6.10 Å². The van der Waals surface area contributed by atoms with Crippen LogP contribution in [0.15, 0.2) is 30.5 Å². The van der Waals surface area contributed by atoms with Gasteiger partial charge in [0.05, 0.1) is 29.8 Å². The van der Waals surface area contributed by atoms with E-state index in [1.807, 2.05) is 4.90 Å². The average Bonchev–Trinajstić information content (AvgIpc) is 3.10. The van der Waals surface area contributed by atoms with Crippen LogP contribution in [0.5, 0.6) is 0 Å². The van der Waals surface area contributed by atoms with Gasteiger partial charge in [0.2, 0.25) is 0 Å². The number of hydrogen-bond donors (Lipinski definition) is 2. The van der Waals surface area contributed by atoms with Gasteiger partial charge >= 0.3 is 6.18 Å². The summed E-state index contributed by atoms with van der Waals surface area (Å²) in [5.74, 6) is -0.433. The molecule has 2 fully saturated rings. The van der Waals surface area contributed by atoms with Gasteiger partial charge in [-0.3, -0.25) is 9.78 Å². The summed E-state index contributed by atoms with van der Waals surface area (Å²) in [5.41, 5.74) is -0.398. The number of pyridine rings is 1. The molecule has 0 aliphatic carbocycles. The van der Waals surface area contributed by atoms with E-state index in [4.69, 9.17) is 4.74 Å². The zero-order chi connectivity index (χ0) is 21.5. The summed E-state index contributed by atoms with van der Waals surface area (Å²) in [7, 11) is 0. The molecule has 0 bridgehead atoms. The van der Waals surface area contributed by atoms with Gasteiger partial charge in [-0.1, -0.05) is 0 Å². The van der Waals surface area contributed by atoms with Crippen LogP contribution in [0.3, 0.4) is 0 Å². The highest BCUT2D eigenvalue weighted by molar-refractivity contribution is 5.94. The SMILES string of the molecule is C[C@@H]1CN(c2ccc(C(F)(F)F)c3ncccc23)C[C@H](C(=O)N[C@@H]2CNC[C@@H]2F)O1. The Labute approximate surface area is 170 Å². The highest BCUT2D eigenvalue weighted by Crippen LogP contribution is 2.38. The van der Waals surface area contributed by atoms with Gasteiger partial charge in [-0.2, -0.15) is 13.2 Å². The van der Waals surface area contributed by atoms with Gasteiger partial charge in [-0.05, 0) is 31.2 Å². The third-order valence-electron chi connectivity index (χ3n) is 5.41. The monoisotopic (exact) mass is 426 g/mol. The van der Waals surface area contributed by atoms with Crippen molar-refractivity contribution in [1.29, 1.82) is 0 Å². The number of fused-ring (bicyclic) bond motifs is 1. The molecule has 2 N–H and O–H groups in total. The Bertz CT molecular complexity index is 939. The number of hydrogen-bond acceptors (Lipinski definition) is 5. The van der Waals surface area contributed by atoms with Crippen LogP contribution in [0.2, 0.25) is 0 Å². The van der Waals surface area contributed by atoms with Gasteiger partial charge in [0.1, 0.15) is 6.17 Å². The Morgan fingerprint density at radius 1 is 1.27 bits per heavy atom. The first kappa shape index (κ1) is 20.8. The number of alkyl halides is 4. The normalized spacial score (nSPS) is 27.4. The van der Waals surface area contributed by atoms with E-state index < -0.39 is 36.0 Å². The molecule has 2 aliphatic rings. The van der Waals surface area contributed by atoms with Crippen molar-refractivity contribution in [2.45, 2.75) is 37.5 Å². The summed E-state index contributed by atoms with van der Waals surface area (Å²) in [6.45, 7) is 2.85. The Balaban J connectivity index is 1.61. The molecule has 2 aliphatic heterocycles. The van der Waals surface area contributed by atoms with Crippen molar-refractivity contribution < 1.29 is 27.1 Å². The third kappa shape index (κ3) is 4.06. The summed E-state index contributed by atoms with van der Waals surface area (Å²) in [6.07, 6.45) is -5.58.